The molecule has 1 heterocycles. The molecule has 1 saturated carbocycles. The number of thiazole rings is 1. The van der Waals surface area contributed by atoms with Crippen LogP contribution in [0.4, 0.5) is 0 Å². The molecule has 0 spiro atoms. The minimum Gasteiger partial charge on any atom is -0.235 e. The molecular weight excluding hydrogens is 312 g/mol. The third kappa shape index (κ3) is 3.24. The summed E-state index contributed by atoms with van der Waals surface area (Å²) in [5, 5.41) is 13.2. The van der Waals surface area contributed by atoms with Crippen LogP contribution in [0.15, 0.2) is 35.2 Å². The Kier molecular flexibility index (Phi) is 4.61. The van der Waals surface area contributed by atoms with Gasteiger partial charge in [-0.3, -0.25) is 0 Å². The molecule has 1 fully saturated rings. The first kappa shape index (κ1) is 15.3. The summed E-state index contributed by atoms with van der Waals surface area (Å²) in [6, 6.07) is 10.0. The highest BCUT2D eigenvalue weighted by atomic mass is 35.5. The molecule has 0 amide bonds. The predicted octanol–water partition coefficient (Wildman–Crippen LogP) is 5.95. The van der Waals surface area contributed by atoms with E-state index >= 15 is 0 Å². The number of hydrogen-bond acceptors (Lipinski definition) is 3. The van der Waals surface area contributed by atoms with E-state index < -0.39 is 0 Å². The highest BCUT2D eigenvalue weighted by Crippen LogP contribution is 2.35. The molecule has 2 nitrogen and oxygen atoms in total. The Morgan fingerprint density at radius 1 is 1.36 bits per heavy atom. The minimum absolute atomic E-state index is 0.669. The summed E-state index contributed by atoms with van der Waals surface area (Å²) in [5.41, 5.74) is 4.01. The van der Waals surface area contributed by atoms with Gasteiger partial charge < -0.3 is 0 Å². The average molecular weight is 329 g/mol. The maximum atomic E-state index is 9.58. The Balaban J connectivity index is 1.93. The van der Waals surface area contributed by atoms with Gasteiger partial charge in [0, 0.05) is 16.0 Å². The molecule has 2 aromatic rings. The Morgan fingerprint density at radius 3 is 2.82 bits per heavy atom. The third-order valence-electron chi connectivity index (χ3n) is 4.09. The first-order valence-electron chi connectivity index (χ1n) is 7.51. The number of rotatable bonds is 2. The summed E-state index contributed by atoms with van der Waals surface area (Å²) in [6.07, 6.45) is 4.50. The van der Waals surface area contributed by atoms with Crippen LogP contribution >= 0.6 is 22.9 Å². The van der Waals surface area contributed by atoms with Crippen molar-refractivity contribution in [2.75, 3.05) is 0 Å². The zero-order chi connectivity index (χ0) is 15.5. The van der Waals surface area contributed by atoms with Crippen molar-refractivity contribution >= 4 is 28.5 Å². The molecule has 0 aliphatic heterocycles. The van der Waals surface area contributed by atoms with Gasteiger partial charge in [-0.1, -0.05) is 37.1 Å². The van der Waals surface area contributed by atoms with Crippen LogP contribution in [0.25, 0.3) is 16.8 Å². The Labute approximate surface area is 140 Å². The summed E-state index contributed by atoms with van der Waals surface area (Å²) in [6.45, 7) is 2.26. The first-order valence-corrected chi connectivity index (χ1v) is 8.77. The molecule has 0 unspecified atom stereocenters. The summed E-state index contributed by atoms with van der Waals surface area (Å²) >= 11 is 7.48. The number of benzene rings is 1. The molecule has 1 aromatic carbocycles. The monoisotopic (exact) mass is 328 g/mol. The molecule has 0 N–H and O–H groups in total. The SMILES string of the molecule is C[C@H]1CCC/C(=C(\C#N)c2nc(-c3ccc(Cl)cc3)cs2)C1. The van der Waals surface area contributed by atoms with E-state index in [2.05, 4.69) is 18.0 Å². The second-order valence-electron chi connectivity index (χ2n) is 5.84. The molecular formula is C18H17ClN2S. The fourth-order valence-electron chi connectivity index (χ4n) is 2.94. The molecule has 0 radical (unpaired) electrons. The third-order valence-corrected chi connectivity index (χ3v) is 5.21. The van der Waals surface area contributed by atoms with Crippen LogP contribution in [-0.2, 0) is 0 Å². The van der Waals surface area contributed by atoms with Crippen LogP contribution < -0.4 is 0 Å². The van der Waals surface area contributed by atoms with Crippen LogP contribution in [-0.4, -0.2) is 4.98 Å². The van der Waals surface area contributed by atoms with Gasteiger partial charge in [0.1, 0.15) is 11.1 Å². The fourth-order valence-corrected chi connectivity index (χ4v) is 3.93. The van der Waals surface area contributed by atoms with Gasteiger partial charge >= 0.3 is 0 Å². The summed E-state index contributed by atoms with van der Waals surface area (Å²) < 4.78 is 0. The van der Waals surface area contributed by atoms with Gasteiger partial charge in [0.2, 0.25) is 0 Å². The first-order chi connectivity index (χ1) is 10.7. The van der Waals surface area contributed by atoms with E-state index in [1.807, 2.05) is 29.6 Å². The smallest absolute Gasteiger partial charge is 0.134 e. The average Bonchev–Trinajstić information content (AvgIpc) is 2.98. The number of halogens is 1. The quantitative estimate of drug-likeness (QED) is 0.638. The molecule has 1 aliphatic carbocycles. The highest BCUT2D eigenvalue weighted by Gasteiger charge is 2.19. The fraction of sp³-hybridized carbons (Fsp3) is 0.333. The largest absolute Gasteiger partial charge is 0.235 e. The Hall–Kier alpha value is -1.63. The van der Waals surface area contributed by atoms with Crippen LogP contribution in [0.1, 0.15) is 37.6 Å². The van der Waals surface area contributed by atoms with Crippen molar-refractivity contribution in [1.82, 2.24) is 4.98 Å². The van der Waals surface area contributed by atoms with E-state index in [1.165, 1.54) is 18.4 Å². The molecule has 4 heteroatoms. The topological polar surface area (TPSA) is 36.7 Å². The van der Waals surface area contributed by atoms with E-state index in [9.17, 15) is 5.26 Å². The van der Waals surface area contributed by atoms with Gasteiger partial charge in [-0.25, -0.2) is 4.98 Å². The summed E-state index contributed by atoms with van der Waals surface area (Å²) in [5.74, 6) is 0.669. The predicted molar refractivity (Wildman–Crippen MR) is 92.7 cm³/mol. The standard InChI is InChI=1S/C18H17ClN2S/c1-12-3-2-4-14(9-12)16(10-20)18-21-17(11-22-18)13-5-7-15(19)8-6-13/h5-8,11-12H,2-4,9H2,1H3/b16-14-/t12-/m0/s1. The molecule has 0 bridgehead atoms. The van der Waals surface area contributed by atoms with Crippen molar-refractivity contribution in [2.24, 2.45) is 5.92 Å². The lowest BCUT2D eigenvalue weighted by molar-refractivity contribution is 0.454. The molecule has 3 rings (SSSR count). The Bertz CT molecular complexity index is 737. The van der Waals surface area contributed by atoms with Gasteiger partial charge in [0.25, 0.3) is 0 Å². The number of allylic oxidation sites excluding steroid dienone is 2. The van der Waals surface area contributed by atoms with Crippen LogP contribution in [0.3, 0.4) is 0 Å². The number of aromatic nitrogens is 1. The van der Waals surface area contributed by atoms with Gasteiger partial charge in [-0.2, -0.15) is 5.26 Å². The summed E-state index contributed by atoms with van der Waals surface area (Å²) in [4.78, 5) is 4.68. The molecule has 1 aromatic heterocycles. The van der Waals surface area contributed by atoms with E-state index in [4.69, 9.17) is 11.6 Å². The molecule has 112 valence electrons. The lowest BCUT2D eigenvalue weighted by atomic mass is 9.84. The van der Waals surface area contributed by atoms with E-state index in [0.29, 0.717) is 5.92 Å². The van der Waals surface area contributed by atoms with Gasteiger partial charge in [-0.05, 0) is 42.9 Å². The van der Waals surface area contributed by atoms with Crippen molar-refractivity contribution in [3.05, 3.63) is 45.2 Å². The molecule has 0 saturated heterocycles. The second-order valence-corrected chi connectivity index (χ2v) is 7.13. The molecule has 1 aliphatic rings. The number of nitrogens with zero attached hydrogens (tertiary/aromatic N) is 2. The zero-order valence-corrected chi connectivity index (χ0v) is 14.0. The van der Waals surface area contributed by atoms with Gasteiger partial charge in [-0.15, -0.1) is 11.3 Å². The van der Waals surface area contributed by atoms with E-state index in [1.54, 1.807) is 11.3 Å². The van der Waals surface area contributed by atoms with Gasteiger partial charge in [0.05, 0.1) is 11.3 Å². The minimum atomic E-state index is 0.669. The molecule has 1 atom stereocenters. The number of nitriles is 1. The summed E-state index contributed by atoms with van der Waals surface area (Å²) in [7, 11) is 0. The zero-order valence-electron chi connectivity index (χ0n) is 12.5. The highest BCUT2D eigenvalue weighted by molar-refractivity contribution is 7.11. The Morgan fingerprint density at radius 2 is 2.14 bits per heavy atom. The maximum Gasteiger partial charge on any atom is 0.134 e. The normalized spacial score (nSPS) is 20.5. The van der Waals surface area contributed by atoms with E-state index in [-0.39, 0.29) is 0 Å². The van der Waals surface area contributed by atoms with Crippen molar-refractivity contribution < 1.29 is 0 Å². The van der Waals surface area contributed by atoms with Crippen LogP contribution in [0, 0.1) is 17.2 Å². The van der Waals surface area contributed by atoms with Crippen molar-refractivity contribution in [2.45, 2.75) is 32.6 Å². The van der Waals surface area contributed by atoms with Crippen molar-refractivity contribution in [1.29, 1.82) is 5.26 Å². The second kappa shape index (κ2) is 6.64. The molecule has 22 heavy (non-hydrogen) atoms. The van der Waals surface area contributed by atoms with E-state index in [0.717, 1.165) is 39.7 Å². The van der Waals surface area contributed by atoms with Gasteiger partial charge in [0.15, 0.2) is 0 Å². The lowest BCUT2D eigenvalue weighted by Crippen LogP contribution is -2.06. The maximum absolute atomic E-state index is 9.58. The lowest BCUT2D eigenvalue weighted by Gasteiger charge is -2.21. The van der Waals surface area contributed by atoms with Crippen LogP contribution in [0.5, 0.6) is 0 Å². The van der Waals surface area contributed by atoms with Crippen molar-refractivity contribution in [3.8, 4) is 17.3 Å². The van der Waals surface area contributed by atoms with Crippen LogP contribution in [0.2, 0.25) is 5.02 Å². The van der Waals surface area contributed by atoms with Crippen molar-refractivity contribution in [3.63, 3.8) is 0 Å². The number of hydrogen-bond donors (Lipinski definition) is 0.